The summed E-state index contributed by atoms with van der Waals surface area (Å²) in [6.45, 7) is 1.94. The van der Waals surface area contributed by atoms with Crippen LogP contribution in [0.1, 0.15) is 16.3 Å². The molecule has 2 aromatic rings. The number of carbonyl (C=O) groups is 1. The summed E-state index contributed by atoms with van der Waals surface area (Å²) >= 11 is 7.52. The normalized spacial score (nSPS) is 15.9. The lowest BCUT2D eigenvalue weighted by atomic mass is 10.1. The number of nitrogens with one attached hydrogen (secondary N) is 1. The highest BCUT2D eigenvalue weighted by molar-refractivity contribution is 7.09. The Labute approximate surface area is 113 Å². The molecule has 0 spiro atoms. The minimum atomic E-state index is -0.113. The number of amides is 1. The van der Waals surface area contributed by atoms with Crippen LogP contribution in [0.15, 0.2) is 23.6 Å². The van der Waals surface area contributed by atoms with Crippen molar-refractivity contribution >= 4 is 46.2 Å². The summed E-state index contributed by atoms with van der Waals surface area (Å²) in [5.74, 6) is -0.113. The third-order valence-electron chi connectivity index (χ3n) is 2.69. The molecule has 1 amide bonds. The van der Waals surface area contributed by atoms with E-state index in [2.05, 4.69) is 10.3 Å². The Hall–Kier alpha value is -1.65. The number of hydrogen-bond donors (Lipinski definition) is 1. The van der Waals surface area contributed by atoms with Crippen molar-refractivity contribution in [2.75, 3.05) is 5.32 Å². The molecule has 0 atom stereocenters. The number of hydrogen-bond acceptors (Lipinski definition) is 3. The molecule has 0 saturated heterocycles. The maximum absolute atomic E-state index is 11.9. The fourth-order valence-corrected chi connectivity index (χ4v) is 2.64. The topological polar surface area (TPSA) is 42.0 Å². The van der Waals surface area contributed by atoms with Crippen LogP contribution in [0.5, 0.6) is 0 Å². The molecule has 3 rings (SSSR count). The van der Waals surface area contributed by atoms with E-state index in [1.807, 2.05) is 18.4 Å². The van der Waals surface area contributed by atoms with Crippen LogP contribution in [-0.2, 0) is 4.79 Å². The van der Waals surface area contributed by atoms with E-state index in [0.29, 0.717) is 10.6 Å². The highest BCUT2D eigenvalue weighted by Gasteiger charge is 2.24. The van der Waals surface area contributed by atoms with Crippen LogP contribution in [-0.4, -0.2) is 10.9 Å². The van der Waals surface area contributed by atoms with Crippen LogP contribution in [0.3, 0.4) is 0 Å². The van der Waals surface area contributed by atoms with Gasteiger partial charge in [-0.05, 0) is 31.2 Å². The summed E-state index contributed by atoms with van der Waals surface area (Å²) in [6.07, 6.45) is 1.79. The molecule has 18 heavy (non-hydrogen) atoms. The predicted octanol–water partition coefficient (Wildman–Crippen LogP) is 3.60. The van der Waals surface area contributed by atoms with Crippen molar-refractivity contribution in [3.05, 3.63) is 44.9 Å². The molecule has 0 aliphatic carbocycles. The molecule has 0 fully saturated rings. The van der Waals surface area contributed by atoms with Crippen LogP contribution in [0.25, 0.3) is 11.6 Å². The lowest BCUT2D eigenvalue weighted by Gasteiger charge is -1.98. The largest absolute Gasteiger partial charge is 0.321 e. The summed E-state index contributed by atoms with van der Waals surface area (Å²) in [4.78, 5) is 16.2. The maximum Gasteiger partial charge on any atom is 0.256 e. The number of thiazole rings is 1. The smallest absolute Gasteiger partial charge is 0.256 e. The number of rotatable bonds is 1. The van der Waals surface area contributed by atoms with E-state index in [4.69, 9.17) is 11.6 Å². The van der Waals surface area contributed by atoms with Gasteiger partial charge in [-0.25, -0.2) is 4.98 Å². The van der Waals surface area contributed by atoms with E-state index in [-0.39, 0.29) is 5.91 Å². The molecule has 90 valence electrons. The molecule has 2 heterocycles. The predicted molar refractivity (Wildman–Crippen MR) is 74.8 cm³/mol. The van der Waals surface area contributed by atoms with Crippen LogP contribution in [0.2, 0.25) is 5.02 Å². The summed E-state index contributed by atoms with van der Waals surface area (Å²) < 4.78 is 0. The molecule has 0 bridgehead atoms. The van der Waals surface area contributed by atoms with Crippen molar-refractivity contribution in [2.24, 2.45) is 0 Å². The average Bonchev–Trinajstić information content (AvgIpc) is 2.86. The first-order chi connectivity index (χ1) is 8.63. The summed E-state index contributed by atoms with van der Waals surface area (Å²) in [7, 11) is 0. The summed E-state index contributed by atoms with van der Waals surface area (Å²) in [6, 6.07) is 5.36. The zero-order valence-corrected chi connectivity index (χ0v) is 11.1. The summed E-state index contributed by atoms with van der Waals surface area (Å²) in [5.41, 5.74) is 3.04. The Kier molecular flexibility index (Phi) is 2.69. The van der Waals surface area contributed by atoms with Gasteiger partial charge >= 0.3 is 0 Å². The lowest BCUT2D eigenvalue weighted by Crippen LogP contribution is -2.03. The first kappa shape index (κ1) is 11.4. The van der Waals surface area contributed by atoms with Gasteiger partial charge in [-0.1, -0.05) is 11.6 Å². The van der Waals surface area contributed by atoms with Gasteiger partial charge in [-0.3, -0.25) is 4.79 Å². The van der Waals surface area contributed by atoms with Crippen molar-refractivity contribution in [1.82, 2.24) is 4.98 Å². The number of aromatic nitrogens is 1. The van der Waals surface area contributed by atoms with Gasteiger partial charge in [-0.15, -0.1) is 11.3 Å². The minimum Gasteiger partial charge on any atom is -0.321 e. The molecule has 1 N–H and O–H groups in total. The molecule has 0 saturated carbocycles. The Morgan fingerprint density at radius 1 is 1.44 bits per heavy atom. The van der Waals surface area contributed by atoms with Crippen LogP contribution >= 0.6 is 22.9 Å². The highest BCUT2D eigenvalue weighted by atomic mass is 35.5. The molecule has 1 aliphatic heterocycles. The van der Waals surface area contributed by atoms with Gasteiger partial charge in [0.1, 0.15) is 0 Å². The maximum atomic E-state index is 11.9. The van der Waals surface area contributed by atoms with Gasteiger partial charge in [0, 0.05) is 21.7 Å². The van der Waals surface area contributed by atoms with Gasteiger partial charge in [0.15, 0.2) is 0 Å². The first-order valence-corrected chi connectivity index (χ1v) is 6.64. The van der Waals surface area contributed by atoms with Crippen LogP contribution in [0.4, 0.5) is 5.69 Å². The fraction of sp³-hybridized carbons (Fsp3) is 0.0769. The van der Waals surface area contributed by atoms with Crippen molar-refractivity contribution in [1.29, 1.82) is 0 Å². The Bertz CT molecular complexity index is 675. The lowest BCUT2D eigenvalue weighted by molar-refractivity contribution is -0.110. The summed E-state index contributed by atoms with van der Waals surface area (Å²) in [5, 5.41) is 6.33. The Morgan fingerprint density at radius 2 is 2.28 bits per heavy atom. The quantitative estimate of drug-likeness (QED) is 0.809. The van der Waals surface area contributed by atoms with Crippen LogP contribution < -0.4 is 5.32 Å². The van der Waals surface area contributed by atoms with E-state index >= 15 is 0 Å². The number of aryl methyl sites for hydroxylation is 1. The molecule has 3 nitrogen and oxygen atoms in total. The number of halogens is 1. The van der Waals surface area contributed by atoms with Gasteiger partial charge in [-0.2, -0.15) is 0 Å². The SMILES string of the molecule is Cc1nc(/C=C2/C(=O)Nc3ccc(Cl)cc32)cs1. The van der Waals surface area contributed by atoms with Crippen molar-refractivity contribution in [3.63, 3.8) is 0 Å². The standard InChI is InChI=1S/C13H9ClN2OS/c1-7-15-9(6-18-7)5-11-10-4-8(14)2-3-12(10)16-13(11)17/h2-6H,1H3,(H,16,17)/b11-5+. The highest BCUT2D eigenvalue weighted by Crippen LogP contribution is 2.34. The van der Waals surface area contributed by atoms with E-state index in [1.165, 1.54) is 0 Å². The monoisotopic (exact) mass is 276 g/mol. The Balaban J connectivity index is 2.11. The third-order valence-corrected chi connectivity index (χ3v) is 3.72. The molecule has 5 heteroatoms. The second-order valence-electron chi connectivity index (χ2n) is 3.99. The Morgan fingerprint density at radius 3 is 3.00 bits per heavy atom. The van der Waals surface area contributed by atoms with Crippen molar-refractivity contribution in [3.8, 4) is 0 Å². The number of anilines is 1. The van der Waals surface area contributed by atoms with E-state index in [9.17, 15) is 4.79 Å². The second-order valence-corrected chi connectivity index (χ2v) is 5.49. The minimum absolute atomic E-state index is 0.113. The zero-order chi connectivity index (χ0) is 12.7. The second kappa shape index (κ2) is 4.23. The fourth-order valence-electron chi connectivity index (χ4n) is 1.90. The van der Waals surface area contributed by atoms with Gasteiger partial charge in [0.2, 0.25) is 0 Å². The van der Waals surface area contributed by atoms with Gasteiger partial charge < -0.3 is 5.32 Å². The molecule has 0 unspecified atom stereocenters. The van der Waals surface area contributed by atoms with Gasteiger partial charge in [0.05, 0.1) is 16.3 Å². The van der Waals surface area contributed by atoms with E-state index in [1.54, 1.807) is 29.5 Å². The van der Waals surface area contributed by atoms with E-state index in [0.717, 1.165) is 22.0 Å². The first-order valence-electron chi connectivity index (χ1n) is 5.38. The van der Waals surface area contributed by atoms with E-state index < -0.39 is 0 Å². The molecule has 1 aromatic heterocycles. The molecule has 1 aliphatic rings. The van der Waals surface area contributed by atoms with Gasteiger partial charge in [0.25, 0.3) is 5.91 Å². The number of carbonyl (C=O) groups excluding carboxylic acids is 1. The molecule has 1 aromatic carbocycles. The zero-order valence-electron chi connectivity index (χ0n) is 9.53. The molecular weight excluding hydrogens is 268 g/mol. The van der Waals surface area contributed by atoms with Crippen LogP contribution in [0, 0.1) is 6.92 Å². The van der Waals surface area contributed by atoms with Crippen molar-refractivity contribution < 1.29 is 4.79 Å². The number of benzene rings is 1. The average molecular weight is 277 g/mol. The molecular formula is C13H9ClN2OS. The van der Waals surface area contributed by atoms with Crippen molar-refractivity contribution in [2.45, 2.75) is 6.92 Å². The third kappa shape index (κ3) is 1.94. The molecule has 0 radical (unpaired) electrons. The number of nitrogens with zero attached hydrogens (tertiary/aromatic N) is 1. The number of fused-ring (bicyclic) bond motifs is 1.